The van der Waals surface area contributed by atoms with E-state index in [1.165, 1.54) is 18.9 Å². The predicted molar refractivity (Wildman–Crippen MR) is 68.8 cm³/mol. The molecule has 1 heterocycles. The minimum absolute atomic E-state index is 0.226. The van der Waals surface area contributed by atoms with Crippen LogP contribution in [0.4, 0.5) is 5.88 Å². The largest absolute Gasteiger partial charge is 0.469 e. The molecular weight excluding hydrogens is 246 g/mol. The van der Waals surface area contributed by atoms with Crippen LogP contribution in [0.25, 0.3) is 0 Å². The Morgan fingerprint density at radius 2 is 2.44 bits per heavy atom. The lowest BCUT2D eigenvalue weighted by Gasteiger charge is -2.15. The highest BCUT2D eigenvalue weighted by atomic mass is 32.2. The molecule has 0 radical (unpaired) electrons. The van der Waals surface area contributed by atoms with Crippen molar-refractivity contribution in [2.75, 3.05) is 24.8 Å². The van der Waals surface area contributed by atoms with Crippen LogP contribution in [-0.4, -0.2) is 30.2 Å². The fourth-order valence-corrected chi connectivity index (χ4v) is 2.04. The van der Waals surface area contributed by atoms with Gasteiger partial charge >= 0.3 is 5.97 Å². The lowest BCUT2D eigenvalue weighted by Crippen LogP contribution is -2.21. The molecule has 0 spiro atoms. The number of rotatable bonds is 4. The Bertz CT molecular complexity index is 351. The fraction of sp³-hybridized carbons (Fsp3) is 0.400. The maximum atomic E-state index is 10.9. The van der Waals surface area contributed by atoms with E-state index in [1.807, 2.05) is 13.1 Å². The number of methoxy groups -OCH3 is 1. The topological polar surface area (TPSA) is 42.7 Å². The van der Waals surface area contributed by atoms with Crippen LogP contribution < -0.4 is 4.90 Å². The van der Waals surface area contributed by atoms with Crippen LogP contribution in [0.5, 0.6) is 0 Å². The molecule has 16 heavy (non-hydrogen) atoms. The molecule has 1 aromatic rings. The Morgan fingerprint density at radius 1 is 1.69 bits per heavy atom. The number of ether oxygens (including phenoxy) is 1. The van der Waals surface area contributed by atoms with Crippen molar-refractivity contribution in [3.63, 3.8) is 0 Å². The number of hydrogen-bond acceptors (Lipinski definition) is 5. The first-order valence-electron chi connectivity index (χ1n) is 4.66. The van der Waals surface area contributed by atoms with Gasteiger partial charge in [-0.2, -0.15) is 0 Å². The summed E-state index contributed by atoms with van der Waals surface area (Å²) in [6.07, 6.45) is 1.95. The van der Waals surface area contributed by atoms with Crippen LogP contribution in [-0.2, 0) is 9.53 Å². The second-order valence-electron chi connectivity index (χ2n) is 2.95. The highest BCUT2D eigenvalue weighted by Crippen LogP contribution is 2.18. The van der Waals surface area contributed by atoms with Crippen molar-refractivity contribution < 1.29 is 13.9 Å². The van der Waals surface area contributed by atoms with Gasteiger partial charge < -0.3 is 14.1 Å². The average Bonchev–Trinajstić information content (AvgIpc) is 2.81. The third kappa shape index (κ3) is 3.86. The highest BCUT2D eigenvalue weighted by molar-refractivity contribution is 8.23. The number of nitrogens with zero attached hydrogens (tertiary/aromatic N) is 1. The maximum absolute atomic E-state index is 10.9. The molecule has 1 aromatic heterocycles. The minimum Gasteiger partial charge on any atom is -0.469 e. The van der Waals surface area contributed by atoms with Gasteiger partial charge in [0, 0.05) is 18.9 Å². The van der Waals surface area contributed by atoms with Crippen LogP contribution in [0.2, 0.25) is 0 Å². The first-order chi connectivity index (χ1) is 7.65. The van der Waals surface area contributed by atoms with Gasteiger partial charge in [0.1, 0.15) is 4.32 Å². The van der Waals surface area contributed by atoms with Gasteiger partial charge in [0.05, 0.1) is 19.8 Å². The summed E-state index contributed by atoms with van der Waals surface area (Å²) in [7, 11) is 3.20. The third-order valence-electron chi connectivity index (χ3n) is 1.87. The molecule has 0 bridgehead atoms. The molecule has 0 N–H and O–H groups in total. The normalized spacial score (nSPS) is 9.88. The van der Waals surface area contributed by atoms with Gasteiger partial charge in [0.25, 0.3) is 0 Å². The van der Waals surface area contributed by atoms with E-state index in [4.69, 9.17) is 16.6 Å². The second-order valence-corrected chi connectivity index (χ2v) is 4.68. The van der Waals surface area contributed by atoms with E-state index in [9.17, 15) is 4.79 Å². The van der Waals surface area contributed by atoms with Gasteiger partial charge in [0.2, 0.25) is 0 Å². The molecule has 0 unspecified atom stereocenters. The highest BCUT2D eigenvalue weighted by Gasteiger charge is 2.10. The molecule has 88 valence electrons. The standard InChI is InChI=1S/C10H13NO3S2/c1-11(8-4-3-6-14-8)10(15)16-7-5-9(12)13-2/h3-4,6H,5,7H2,1-2H3. The van der Waals surface area contributed by atoms with Crippen molar-refractivity contribution in [3.8, 4) is 0 Å². The number of thioether (sulfide) groups is 1. The number of anilines is 1. The summed E-state index contributed by atoms with van der Waals surface area (Å²) in [6, 6.07) is 3.63. The summed E-state index contributed by atoms with van der Waals surface area (Å²) in [6.45, 7) is 0. The molecule has 4 nitrogen and oxygen atoms in total. The molecule has 0 aliphatic heterocycles. The quantitative estimate of drug-likeness (QED) is 0.610. The fourth-order valence-electron chi connectivity index (χ4n) is 0.971. The smallest absolute Gasteiger partial charge is 0.306 e. The molecule has 0 atom stereocenters. The zero-order valence-corrected chi connectivity index (χ0v) is 10.8. The third-order valence-corrected chi connectivity index (χ3v) is 3.43. The number of thiocarbonyl (C=S) groups is 1. The number of esters is 1. The summed E-state index contributed by atoms with van der Waals surface area (Å²) >= 11 is 6.61. The van der Waals surface area contributed by atoms with Gasteiger partial charge in [-0.25, -0.2) is 0 Å². The van der Waals surface area contributed by atoms with Gasteiger partial charge in [-0.3, -0.25) is 4.79 Å². The monoisotopic (exact) mass is 259 g/mol. The van der Waals surface area contributed by atoms with Gasteiger partial charge in [-0.05, 0) is 6.07 Å². The zero-order valence-electron chi connectivity index (χ0n) is 9.13. The second kappa shape index (κ2) is 6.55. The molecule has 0 saturated carbocycles. The Morgan fingerprint density at radius 3 is 3.00 bits per heavy atom. The van der Waals surface area contributed by atoms with E-state index in [2.05, 4.69) is 4.74 Å². The van der Waals surface area contributed by atoms with Crippen LogP contribution >= 0.6 is 24.0 Å². The zero-order chi connectivity index (χ0) is 12.0. The number of furan rings is 1. The van der Waals surface area contributed by atoms with Crippen LogP contribution in [0.15, 0.2) is 22.8 Å². The Hall–Kier alpha value is -1.01. The Labute approximate surface area is 104 Å². The van der Waals surface area contributed by atoms with Crippen molar-refractivity contribution in [2.45, 2.75) is 6.42 Å². The molecule has 0 aliphatic carbocycles. The van der Waals surface area contributed by atoms with Crippen molar-refractivity contribution in [1.29, 1.82) is 0 Å². The summed E-state index contributed by atoms with van der Waals surface area (Å²) in [5, 5.41) is 0. The number of carbonyl (C=O) groups is 1. The lowest BCUT2D eigenvalue weighted by molar-refractivity contribution is -0.140. The van der Waals surface area contributed by atoms with Crippen LogP contribution in [0.1, 0.15) is 6.42 Å². The molecule has 0 fully saturated rings. The molecule has 0 aliphatic rings. The summed E-state index contributed by atoms with van der Waals surface area (Å²) in [5.74, 6) is 1.07. The SMILES string of the molecule is COC(=O)CCSC(=S)N(C)c1ccco1. The van der Waals surface area contributed by atoms with E-state index in [1.54, 1.807) is 17.2 Å². The van der Waals surface area contributed by atoms with Gasteiger partial charge in [-0.1, -0.05) is 24.0 Å². The molecule has 0 saturated heterocycles. The van der Waals surface area contributed by atoms with Crippen molar-refractivity contribution in [1.82, 2.24) is 0 Å². The Balaban J connectivity index is 2.33. The summed E-state index contributed by atoms with van der Waals surface area (Å²) < 4.78 is 10.4. The van der Waals surface area contributed by atoms with E-state index >= 15 is 0 Å². The van der Waals surface area contributed by atoms with Gasteiger partial charge in [0.15, 0.2) is 5.88 Å². The predicted octanol–water partition coefficient (Wildman–Crippen LogP) is 2.30. The maximum Gasteiger partial charge on any atom is 0.306 e. The number of carbonyl (C=O) groups excluding carboxylic acids is 1. The van der Waals surface area contributed by atoms with Gasteiger partial charge in [-0.15, -0.1) is 0 Å². The molecule has 0 amide bonds. The van der Waals surface area contributed by atoms with Crippen LogP contribution in [0, 0.1) is 0 Å². The summed E-state index contributed by atoms with van der Waals surface area (Å²) in [5.41, 5.74) is 0. The van der Waals surface area contributed by atoms with Crippen molar-refractivity contribution in [3.05, 3.63) is 18.4 Å². The lowest BCUT2D eigenvalue weighted by atomic mass is 10.5. The van der Waals surface area contributed by atoms with Crippen molar-refractivity contribution >= 4 is 40.2 Å². The Kier molecular flexibility index (Phi) is 5.34. The average molecular weight is 259 g/mol. The van der Waals surface area contributed by atoms with E-state index < -0.39 is 0 Å². The molecular formula is C10H13NO3S2. The number of hydrogen-bond donors (Lipinski definition) is 0. The van der Waals surface area contributed by atoms with E-state index in [-0.39, 0.29) is 5.97 Å². The first kappa shape index (κ1) is 13.1. The summed E-state index contributed by atoms with van der Waals surface area (Å²) in [4.78, 5) is 12.6. The minimum atomic E-state index is -0.226. The van der Waals surface area contributed by atoms with Crippen LogP contribution in [0.3, 0.4) is 0 Å². The van der Waals surface area contributed by atoms with Crippen molar-refractivity contribution in [2.24, 2.45) is 0 Å². The van der Waals surface area contributed by atoms with E-state index in [0.717, 1.165) is 0 Å². The molecule has 1 rings (SSSR count). The molecule has 0 aromatic carbocycles. The molecule has 6 heteroatoms. The van der Waals surface area contributed by atoms with E-state index in [0.29, 0.717) is 22.4 Å². The first-order valence-corrected chi connectivity index (χ1v) is 6.05.